The maximum atomic E-state index is 6.48. The van der Waals surface area contributed by atoms with Crippen molar-refractivity contribution in [2.24, 2.45) is 0 Å². The van der Waals surface area contributed by atoms with E-state index in [9.17, 15) is 0 Å². The molecule has 0 aliphatic heterocycles. The van der Waals surface area contributed by atoms with E-state index in [1.165, 1.54) is 43.3 Å². The van der Waals surface area contributed by atoms with Gasteiger partial charge in [0.15, 0.2) is 0 Å². The van der Waals surface area contributed by atoms with E-state index in [0.29, 0.717) is 0 Å². The van der Waals surface area contributed by atoms with E-state index in [2.05, 4.69) is 51.1 Å². The molecule has 1 aromatic rings. The van der Waals surface area contributed by atoms with Gasteiger partial charge in [-0.25, -0.2) is 0 Å². The summed E-state index contributed by atoms with van der Waals surface area (Å²) in [4.78, 5) is 0. The zero-order chi connectivity index (χ0) is 13.3. The van der Waals surface area contributed by atoms with Crippen molar-refractivity contribution in [3.63, 3.8) is 0 Å². The summed E-state index contributed by atoms with van der Waals surface area (Å²) in [5, 5.41) is 1.49. The Morgan fingerprint density at radius 2 is 1.50 bits per heavy atom. The van der Waals surface area contributed by atoms with Gasteiger partial charge in [-0.2, -0.15) is 0 Å². The Labute approximate surface area is 113 Å². The first kappa shape index (κ1) is 15.7. The van der Waals surface area contributed by atoms with Crippen molar-refractivity contribution in [2.75, 3.05) is 18.9 Å². The molecule has 0 aromatic heterocycles. The summed E-state index contributed by atoms with van der Waals surface area (Å²) < 4.78 is 6.48. The van der Waals surface area contributed by atoms with Gasteiger partial charge < -0.3 is 0 Å². The first-order valence-electron chi connectivity index (χ1n) is 7.48. The van der Waals surface area contributed by atoms with Gasteiger partial charge in [-0.05, 0) is 0 Å². The Kier molecular flexibility index (Phi) is 7.54. The summed E-state index contributed by atoms with van der Waals surface area (Å²) in [6, 6.07) is 11.0. The van der Waals surface area contributed by atoms with Crippen LogP contribution < -0.4 is 5.30 Å². The third-order valence-electron chi connectivity index (χ3n) is 3.48. The van der Waals surface area contributed by atoms with E-state index < -0.39 is 7.49 Å². The van der Waals surface area contributed by atoms with Crippen LogP contribution >= 0.6 is 7.49 Å². The first-order valence-corrected chi connectivity index (χ1v) is 9.80. The van der Waals surface area contributed by atoms with Crippen molar-refractivity contribution in [1.29, 1.82) is 0 Å². The van der Waals surface area contributed by atoms with E-state index in [1.807, 2.05) is 0 Å². The molecule has 0 unspecified atom stereocenters. The molecule has 0 aliphatic carbocycles. The van der Waals surface area contributed by atoms with Crippen LogP contribution in [-0.4, -0.2) is 18.9 Å². The summed E-state index contributed by atoms with van der Waals surface area (Å²) in [5.74, 6) is 0. The van der Waals surface area contributed by atoms with E-state index >= 15 is 0 Å². The van der Waals surface area contributed by atoms with E-state index in [-0.39, 0.29) is 0 Å². The third kappa shape index (κ3) is 4.37. The monoisotopic (exact) mass is 268 g/mol. The second-order valence-electron chi connectivity index (χ2n) is 5.06. The van der Waals surface area contributed by atoms with Gasteiger partial charge in [0.25, 0.3) is 0 Å². The molecule has 2 heteroatoms. The van der Waals surface area contributed by atoms with Gasteiger partial charge in [0.2, 0.25) is 0 Å². The Morgan fingerprint density at radius 1 is 0.889 bits per heavy atom. The molecule has 0 aliphatic rings. The van der Waals surface area contributed by atoms with Crippen LogP contribution in [0.15, 0.2) is 30.3 Å². The molecule has 0 bridgehead atoms. The number of rotatable bonds is 9. The zero-order valence-corrected chi connectivity index (χ0v) is 13.2. The van der Waals surface area contributed by atoms with Crippen LogP contribution in [0.2, 0.25) is 0 Å². The van der Waals surface area contributed by atoms with Gasteiger partial charge in [0.05, 0.1) is 0 Å². The molecule has 1 nitrogen and oxygen atoms in total. The number of benzene rings is 1. The molecular formula is C16H29OP. The molecule has 0 spiro atoms. The molecule has 0 radical (unpaired) electrons. The fraction of sp³-hybridized carbons (Fsp3) is 0.625. The Balaban J connectivity index is 2.89. The number of unbranched alkanes of at least 4 members (excludes halogenated alkanes) is 1. The summed E-state index contributed by atoms with van der Waals surface area (Å²) in [6.45, 7) is 7.74. The van der Waals surface area contributed by atoms with Crippen molar-refractivity contribution in [3.8, 4) is 0 Å². The van der Waals surface area contributed by atoms with Crippen LogP contribution in [-0.2, 0) is 4.52 Å². The molecule has 0 atom stereocenters. The van der Waals surface area contributed by atoms with Crippen molar-refractivity contribution < 1.29 is 4.52 Å². The average Bonchev–Trinajstić information content (AvgIpc) is 2.40. The van der Waals surface area contributed by atoms with Gasteiger partial charge in [0, 0.05) is 0 Å². The SMILES string of the molecule is CCCCO[PH](CCC)(CCC)c1ccccc1. The van der Waals surface area contributed by atoms with E-state index in [1.54, 1.807) is 0 Å². The first-order chi connectivity index (χ1) is 8.79. The molecule has 0 heterocycles. The number of hydrogen-bond acceptors (Lipinski definition) is 1. The molecule has 0 saturated carbocycles. The van der Waals surface area contributed by atoms with Crippen molar-refractivity contribution in [2.45, 2.75) is 46.5 Å². The van der Waals surface area contributed by atoms with E-state index in [0.717, 1.165) is 6.61 Å². The molecule has 1 aromatic carbocycles. The fourth-order valence-electron chi connectivity index (χ4n) is 2.60. The molecule has 0 fully saturated rings. The van der Waals surface area contributed by atoms with Gasteiger partial charge >= 0.3 is 113 Å². The van der Waals surface area contributed by atoms with Crippen LogP contribution in [0.3, 0.4) is 0 Å². The minimum atomic E-state index is -1.71. The quantitative estimate of drug-likeness (QED) is 0.469. The average molecular weight is 268 g/mol. The molecule has 0 saturated heterocycles. The van der Waals surface area contributed by atoms with Gasteiger partial charge in [0.1, 0.15) is 0 Å². The van der Waals surface area contributed by atoms with Crippen LogP contribution in [0.25, 0.3) is 0 Å². The summed E-state index contributed by atoms with van der Waals surface area (Å²) in [7, 11) is -1.71. The van der Waals surface area contributed by atoms with Gasteiger partial charge in [-0.15, -0.1) is 0 Å². The van der Waals surface area contributed by atoms with Crippen LogP contribution in [0.4, 0.5) is 0 Å². The summed E-state index contributed by atoms with van der Waals surface area (Å²) >= 11 is 0. The fourth-order valence-corrected chi connectivity index (χ4v) is 6.84. The predicted molar refractivity (Wildman–Crippen MR) is 85.6 cm³/mol. The van der Waals surface area contributed by atoms with Gasteiger partial charge in [-0.1, -0.05) is 0 Å². The maximum absolute atomic E-state index is 6.48. The van der Waals surface area contributed by atoms with Crippen LogP contribution in [0.5, 0.6) is 0 Å². The summed E-state index contributed by atoms with van der Waals surface area (Å²) in [6.07, 6.45) is 7.39. The van der Waals surface area contributed by atoms with E-state index in [4.69, 9.17) is 4.52 Å². The van der Waals surface area contributed by atoms with Crippen molar-refractivity contribution in [1.82, 2.24) is 0 Å². The molecular weight excluding hydrogens is 239 g/mol. The minimum absolute atomic E-state index is 0.942. The Hall–Kier alpha value is -0.390. The molecule has 0 amide bonds. The van der Waals surface area contributed by atoms with Crippen molar-refractivity contribution >= 4 is 12.8 Å². The second kappa shape index (κ2) is 8.67. The summed E-state index contributed by atoms with van der Waals surface area (Å²) in [5.41, 5.74) is 0. The third-order valence-corrected chi connectivity index (χ3v) is 8.24. The standard InChI is InChI=1S/C16H29OP/c1-4-7-13-17-18(14-5-2,15-6-3)16-11-9-8-10-12-16/h8-12,18H,4-7,13-15H2,1-3H3. The van der Waals surface area contributed by atoms with Crippen molar-refractivity contribution in [3.05, 3.63) is 30.3 Å². The predicted octanol–water partition coefficient (Wildman–Crippen LogP) is 4.61. The topological polar surface area (TPSA) is 9.23 Å². The Bertz CT molecular complexity index is 304. The normalized spacial score (nSPS) is 12.6. The van der Waals surface area contributed by atoms with Gasteiger partial charge in [-0.3, -0.25) is 0 Å². The van der Waals surface area contributed by atoms with Crippen LogP contribution in [0.1, 0.15) is 46.5 Å². The molecule has 1 rings (SSSR count). The molecule has 104 valence electrons. The van der Waals surface area contributed by atoms with Crippen LogP contribution in [0, 0.1) is 0 Å². The second-order valence-corrected chi connectivity index (χ2v) is 8.92. The number of hydrogen-bond donors (Lipinski definition) is 0. The molecule has 18 heavy (non-hydrogen) atoms. The molecule has 0 N–H and O–H groups in total. The Morgan fingerprint density at radius 3 is 2.00 bits per heavy atom. The zero-order valence-electron chi connectivity index (χ0n) is 12.2.